The van der Waals surface area contributed by atoms with Crippen molar-refractivity contribution in [1.29, 1.82) is 0 Å². The van der Waals surface area contributed by atoms with Gasteiger partial charge in [0, 0.05) is 5.38 Å². The molecule has 0 saturated carbocycles. The Morgan fingerprint density at radius 3 is 2.74 bits per heavy atom. The molecule has 0 aliphatic carbocycles. The molecule has 1 saturated heterocycles. The summed E-state index contributed by atoms with van der Waals surface area (Å²) in [6.45, 7) is 3.42. The van der Waals surface area contributed by atoms with Gasteiger partial charge in [-0.2, -0.15) is 4.98 Å². The van der Waals surface area contributed by atoms with Gasteiger partial charge in [-0.3, -0.25) is 4.57 Å². The summed E-state index contributed by atoms with van der Waals surface area (Å²) >= 11 is 5.31. The van der Waals surface area contributed by atoms with E-state index in [9.17, 15) is 14.3 Å². The molecule has 0 bridgehead atoms. The third-order valence-electron chi connectivity index (χ3n) is 3.18. The van der Waals surface area contributed by atoms with Crippen molar-refractivity contribution >= 4 is 17.4 Å². The van der Waals surface area contributed by atoms with Crippen LogP contribution in [0.5, 0.6) is 0 Å². The van der Waals surface area contributed by atoms with Crippen LogP contribution < -0.4 is 17.2 Å². The van der Waals surface area contributed by atoms with Gasteiger partial charge < -0.3 is 26.4 Å². The molecule has 4 atom stereocenters. The molecule has 23 heavy (non-hydrogen) atoms. The lowest BCUT2D eigenvalue weighted by Crippen LogP contribution is -2.55. The van der Waals surface area contributed by atoms with Crippen molar-refractivity contribution < 1.29 is 19.3 Å². The number of nitrogen functional groups attached to an aromatic ring is 1. The number of hydrogen-bond donors (Lipinski definition) is 4. The molecule has 128 valence electrons. The lowest BCUT2D eigenvalue weighted by atomic mass is 9.92. The van der Waals surface area contributed by atoms with Gasteiger partial charge in [0.25, 0.3) is 0 Å². The van der Waals surface area contributed by atoms with E-state index in [1.807, 2.05) is 19.2 Å². The topological polar surface area (TPSA) is 137 Å². The van der Waals surface area contributed by atoms with Gasteiger partial charge in [0.1, 0.15) is 12.2 Å². The summed E-state index contributed by atoms with van der Waals surface area (Å²) in [5.41, 5.74) is 8.33. The second kappa shape index (κ2) is 7.72. The first kappa shape index (κ1) is 19.3. The number of aliphatic hydroxyl groups excluding tert-OH is 2. The summed E-state index contributed by atoms with van der Waals surface area (Å²) in [7, 11) is 0. The van der Waals surface area contributed by atoms with Crippen LogP contribution in [-0.2, 0) is 4.74 Å². The summed E-state index contributed by atoms with van der Waals surface area (Å²) in [5, 5.41) is 21.2. The largest absolute Gasteiger partial charge is 0.394 e. The fraction of sp³-hybridized carbons (Fsp3) is 0.538. The molecule has 1 aromatic rings. The highest BCUT2D eigenvalue weighted by Crippen LogP contribution is 2.35. The van der Waals surface area contributed by atoms with E-state index in [-0.39, 0.29) is 0 Å². The van der Waals surface area contributed by atoms with Crippen LogP contribution in [0.2, 0.25) is 0 Å². The van der Waals surface area contributed by atoms with Gasteiger partial charge in [0.05, 0.1) is 12.8 Å². The maximum Gasteiger partial charge on any atom is 0.351 e. The Kier molecular flexibility index (Phi) is 6.49. The lowest BCUT2D eigenvalue weighted by molar-refractivity contribution is -0.0479. The van der Waals surface area contributed by atoms with Crippen molar-refractivity contribution in [2.45, 2.75) is 37.8 Å². The smallest absolute Gasteiger partial charge is 0.351 e. The fourth-order valence-corrected chi connectivity index (χ4v) is 2.25. The van der Waals surface area contributed by atoms with E-state index in [1.165, 1.54) is 0 Å². The Morgan fingerprint density at radius 2 is 2.22 bits per heavy atom. The molecule has 0 radical (unpaired) electrons. The van der Waals surface area contributed by atoms with Gasteiger partial charge in [-0.1, -0.05) is 19.8 Å². The van der Waals surface area contributed by atoms with E-state index >= 15 is 0 Å². The number of ether oxygens (including phenoxy) is 1. The monoisotopic (exact) mass is 348 g/mol. The molecule has 0 spiro atoms. The summed E-state index contributed by atoms with van der Waals surface area (Å²) in [4.78, 5) is 15.1. The molecule has 10 heteroatoms. The molecular formula is C13H18ClFN4O4. The maximum atomic E-state index is 13.5. The molecule has 0 amide bonds. The second-order valence-corrected chi connectivity index (χ2v) is 4.66. The predicted molar refractivity (Wildman–Crippen MR) is 81.8 cm³/mol. The Labute approximate surface area is 136 Å². The average molecular weight is 349 g/mol. The molecule has 1 aliphatic rings. The van der Waals surface area contributed by atoms with Crippen molar-refractivity contribution in [1.82, 2.24) is 9.55 Å². The molecule has 2 rings (SSSR count). The Hall–Kier alpha value is -1.70. The number of hydrogen-bond acceptors (Lipinski definition) is 7. The standard InChI is InChI=1S/C11H12ClFN4O4.C2H6/c12-2-1-11(15)7(19)6(4-18)21-9(11)17-3-5(13)8(14)16-10(17)20;1-2/h3,6-7,9,18-19H,4,15H2,(H2,14,16,20);1-2H3/t6?,7-,9?,11?;/m0./s1. The number of halogens is 2. The van der Waals surface area contributed by atoms with Crippen LogP contribution in [0.25, 0.3) is 0 Å². The molecule has 8 nitrogen and oxygen atoms in total. The normalized spacial score (nSPS) is 29.3. The number of aliphatic hydroxyl groups is 2. The van der Waals surface area contributed by atoms with Crippen LogP contribution in [0.3, 0.4) is 0 Å². The van der Waals surface area contributed by atoms with Crippen LogP contribution in [0, 0.1) is 17.1 Å². The molecule has 1 aromatic heterocycles. The Balaban J connectivity index is 0.00000127. The van der Waals surface area contributed by atoms with Gasteiger partial charge in [-0.25, -0.2) is 9.18 Å². The quantitative estimate of drug-likeness (QED) is 0.510. The summed E-state index contributed by atoms with van der Waals surface area (Å²) in [5.74, 6) is 0.756. The van der Waals surface area contributed by atoms with Crippen molar-refractivity contribution in [2.24, 2.45) is 5.73 Å². The van der Waals surface area contributed by atoms with Crippen LogP contribution in [0.15, 0.2) is 11.0 Å². The van der Waals surface area contributed by atoms with Gasteiger partial charge in [-0.05, 0) is 11.6 Å². The van der Waals surface area contributed by atoms with E-state index in [4.69, 9.17) is 32.9 Å². The predicted octanol–water partition coefficient (Wildman–Crippen LogP) is -0.861. The zero-order chi connectivity index (χ0) is 17.8. The summed E-state index contributed by atoms with van der Waals surface area (Å²) in [6.07, 6.45) is -3.23. The first-order chi connectivity index (χ1) is 10.8. The van der Waals surface area contributed by atoms with E-state index in [0.29, 0.717) is 4.57 Å². The van der Waals surface area contributed by atoms with Crippen molar-refractivity contribution in [3.8, 4) is 11.3 Å². The third-order valence-corrected chi connectivity index (χ3v) is 3.28. The Morgan fingerprint density at radius 1 is 1.61 bits per heavy atom. The number of nitrogens with two attached hydrogens (primary N) is 2. The molecular weight excluding hydrogens is 331 g/mol. The first-order valence-corrected chi connectivity index (χ1v) is 7.13. The lowest BCUT2D eigenvalue weighted by Gasteiger charge is -2.27. The molecule has 2 heterocycles. The minimum absolute atomic E-state index is 0.583. The molecule has 6 N–H and O–H groups in total. The highest BCUT2D eigenvalue weighted by Gasteiger charge is 2.54. The third kappa shape index (κ3) is 3.46. The SMILES string of the molecule is CC.Nc1nc(=O)n(C2OC(CO)[C@H](O)C2(N)C#CCl)cc1F. The van der Waals surface area contributed by atoms with Crippen LogP contribution in [0.4, 0.5) is 10.2 Å². The number of nitrogens with zero attached hydrogens (tertiary/aromatic N) is 2. The van der Waals surface area contributed by atoms with Gasteiger partial charge in [-0.15, -0.1) is 0 Å². The van der Waals surface area contributed by atoms with Crippen LogP contribution in [-0.4, -0.2) is 44.1 Å². The number of aromatic nitrogens is 2. The van der Waals surface area contributed by atoms with E-state index < -0.39 is 47.9 Å². The molecule has 1 aliphatic heterocycles. The van der Waals surface area contributed by atoms with Gasteiger partial charge >= 0.3 is 5.69 Å². The van der Waals surface area contributed by atoms with Crippen molar-refractivity contribution in [3.05, 3.63) is 22.5 Å². The Bertz CT molecular complexity index is 674. The zero-order valence-corrected chi connectivity index (χ0v) is 13.3. The van der Waals surface area contributed by atoms with Crippen LogP contribution in [0.1, 0.15) is 20.1 Å². The first-order valence-electron chi connectivity index (χ1n) is 6.75. The minimum Gasteiger partial charge on any atom is -0.394 e. The van der Waals surface area contributed by atoms with Gasteiger partial charge in [0.2, 0.25) is 0 Å². The average Bonchev–Trinajstić information content (AvgIpc) is 2.77. The number of rotatable bonds is 2. The van der Waals surface area contributed by atoms with E-state index in [1.54, 1.807) is 0 Å². The van der Waals surface area contributed by atoms with Crippen molar-refractivity contribution in [3.63, 3.8) is 0 Å². The summed E-state index contributed by atoms with van der Waals surface area (Å²) in [6, 6.07) is 0. The summed E-state index contributed by atoms with van der Waals surface area (Å²) < 4.78 is 19.5. The van der Waals surface area contributed by atoms with E-state index in [0.717, 1.165) is 6.20 Å². The highest BCUT2D eigenvalue weighted by atomic mass is 35.5. The highest BCUT2D eigenvalue weighted by molar-refractivity contribution is 6.30. The fourth-order valence-electron chi connectivity index (χ4n) is 2.09. The van der Waals surface area contributed by atoms with Crippen molar-refractivity contribution in [2.75, 3.05) is 12.3 Å². The number of anilines is 1. The molecule has 0 aromatic carbocycles. The maximum absolute atomic E-state index is 13.5. The van der Waals surface area contributed by atoms with Crippen LogP contribution >= 0.6 is 11.6 Å². The van der Waals surface area contributed by atoms with Gasteiger partial charge in [0.15, 0.2) is 23.4 Å². The second-order valence-electron chi connectivity index (χ2n) is 4.47. The zero-order valence-electron chi connectivity index (χ0n) is 12.5. The minimum atomic E-state index is -1.83. The molecule has 3 unspecified atom stereocenters. The molecule has 1 fully saturated rings. The van der Waals surface area contributed by atoms with E-state index in [2.05, 4.69) is 10.9 Å².